The van der Waals surface area contributed by atoms with Crippen LogP contribution in [0.3, 0.4) is 0 Å². The molecule has 0 spiro atoms. The van der Waals surface area contributed by atoms with Gasteiger partial charge >= 0.3 is 18.0 Å². The molecule has 1 N–H and O–H groups in total. The molecule has 1 heterocycles. The molecule has 0 aliphatic heterocycles. The lowest BCUT2D eigenvalue weighted by Crippen LogP contribution is -2.10. The standard InChI is InChI=1S/C6H7N3O5/c1-2-13-6(10)14-5-7-3-4(8-5)9(11)12/h3H,2H2,1H3,(H,7,8). The fourth-order valence-corrected chi connectivity index (χ4v) is 0.665. The summed E-state index contributed by atoms with van der Waals surface area (Å²) in [7, 11) is 0. The average Bonchev–Trinajstić information content (AvgIpc) is 2.53. The fourth-order valence-electron chi connectivity index (χ4n) is 0.665. The van der Waals surface area contributed by atoms with Gasteiger partial charge in [0.2, 0.25) is 0 Å². The maximum absolute atomic E-state index is 10.7. The lowest BCUT2D eigenvalue weighted by atomic mass is 10.8. The van der Waals surface area contributed by atoms with Crippen LogP contribution in [0, 0.1) is 10.1 Å². The molecule has 8 heteroatoms. The number of aromatic amines is 1. The van der Waals surface area contributed by atoms with Crippen molar-refractivity contribution in [1.29, 1.82) is 0 Å². The van der Waals surface area contributed by atoms with Crippen LogP contribution in [-0.4, -0.2) is 27.7 Å². The number of imidazole rings is 1. The summed E-state index contributed by atoms with van der Waals surface area (Å²) in [4.78, 5) is 25.8. The van der Waals surface area contributed by atoms with E-state index in [4.69, 9.17) is 0 Å². The Morgan fingerprint density at radius 2 is 2.50 bits per heavy atom. The van der Waals surface area contributed by atoms with E-state index in [1.807, 2.05) is 0 Å². The number of carbonyl (C=O) groups is 1. The van der Waals surface area contributed by atoms with E-state index in [1.165, 1.54) is 0 Å². The predicted molar refractivity (Wildman–Crippen MR) is 42.9 cm³/mol. The molecule has 14 heavy (non-hydrogen) atoms. The van der Waals surface area contributed by atoms with Gasteiger partial charge in [-0.3, -0.25) is 0 Å². The maximum atomic E-state index is 10.7. The molecular formula is C6H7N3O5. The summed E-state index contributed by atoms with van der Waals surface area (Å²) in [5.41, 5.74) is 0. The monoisotopic (exact) mass is 201 g/mol. The van der Waals surface area contributed by atoms with Gasteiger partial charge in [-0.05, 0) is 11.8 Å². The SMILES string of the molecule is CCOC(=O)Oc1ncc([N+](=O)[O-])[nH]1. The Labute approximate surface area is 78.0 Å². The van der Waals surface area contributed by atoms with Gasteiger partial charge in [-0.2, -0.15) is 9.97 Å². The number of H-pyrrole nitrogens is 1. The molecule has 1 aromatic rings. The number of hydrogen-bond donors (Lipinski definition) is 1. The van der Waals surface area contributed by atoms with Gasteiger partial charge in [-0.1, -0.05) is 0 Å². The smallest absolute Gasteiger partial charge is 0.434 e. The molecule has 0 aromatic carbocycles. The summed E-state index contributed by atoms with van der Waals surface area (Å²) >= 11 is 0. The third kappa shape index (κ3) is 2.44. The largest absolute Gasteiger partial charge is 0.517 e. The van der Waals surface area contributed by atoms with Crippen molar-refractivity contribution >= 4 is 12.0 Å². The first-order valence-corrected chi connectivity index (χ1v) is 3.67. The first-order valence-electron chi connectivity index (χ1n) is 3.67. The Bertz CT molecular complexity index is 347. The second kappa shape index (κ2) is 4.21. The highest BCUT2D eigenvalue weighted by molar-refractivity contribution is 5.62. The lowest BCUT2D eigenvalue weighted by Gasteiger charge is -1.96. The molecule has 8 nitrogen and oxygen atoms in total. The van der Waals surface area contributed by atoms with Crippen molar-refractivity contribution in [3.05, 3.63) is 16.3 Å². The number of aromatic nitrogens is 2. The van der Waals surface area contributed by atoms with Gasteiger partial charge < -0.3 is 19.6 Å². The Balaban J connectivity index is 2.59. The van der Waals surface area contributed by atoms with Gasteiger partial charge in [0.15, 0.2) is 0 Å². The number of carbonyl (C=O) groups excluding carboxylic acids is 1. The van der Waals surface area contributed by atoms with Crippen molar-refractivity contribution in [1.82, 2.24) is 9.97 Å². The highest BCUT2D eigenvalue weighted by Crippen LogP contribution is 2.11. The zero-order valence-corrected chi connectivity index (χ0v) is 7.22. The third-order valence-electron chi connectivity index (χ3n) is 1.18. The van der Waals surface area contributed by atoms with Crippen molar-refractivity contribution in [2.24, 2.45) is 0 Å². The van der Waals surface area contributed by atoms with Crippen LogP contribution in [0.2, 0.25) is 0 Å². The van der Waals surface area contributed by atoms with Crippen molar-refractivity contribution in [2.45, 2.75) is 6.92 Å². The van der Waals surface area contributed by atoms with Crippen LogP contribution < -0.4 is 4.74 Å². The van der Waals surface area contributed by atoms with E-state index in [-0.39, 0.29) is 18.4 Å². The van der Waals surface area contributed by atoms with Gasteiger partial charge in [0.25, 0.3) is 0 Å². The molecule has 0 radical (unpaired) electrons. The highest BCUT2D eigenvalue weighted by atomic mass is 16.7. The summed E-state index contributed by atoms with van der Waals surface area (Å²) < 4.78 is 8.88. The zero-order chi connectivity index (χ0) is 10.6. The minimum absolute atomic E-state index is 0.154. The Kier molecular flexibility index (Phi) is 3.00. The molecular weight excluding hydrogens is 194 g/mol. The van der Waals surface area contributed by atoms with Crippen LogP contribution >= 0.6 is 0 Å². The number of nitrogens with one attached hydrogen (secondary N) is 1. The van der Waals surface area contributed by atoms with Gasteiger partial charge in [0.1, 0.15) is 6.20 Å². The van der Waals surface area contributed by atoms with Crippen molar-refractivity contribution in [2.75, 3.05) is 6.61 Å². The van der Waals surface area contributed by atoms with E-state index >= 15 is 0 Å². The van der Waals surface area contributed by atoms with Crippen LogP contribution in [0.15, 0.2) is 6.20 Å². The van der Waals surface area contributed by atoms with Crippen LogP contribution in [0.1, 0.15) is 6.92 Å². The lowest BCUT2D eigenvalue weighted by molar-refractivity contribution is -0.389. The molecule has 0 saturated carbocycles. The summed E-state index contributed by atoms with van der Waals surface area (Å²) in [6, 6.07) is -0.268. The van der Waals surface area contributed by atoms with Crippen molar-refractivity contribution in [3.8, 4) is 6.01 Å². The topological polar surface area (TPSA) is 107 Å². The average molecular weight is 201 g/mol. The summed E-state index contributed by atoms with van der Waals surface area (Å²) in [5, 5.41) is 10.2. The van der Waals surface area contributed by atoms with E-state index in [0.29, 0.717) is 0 Å². The first-order chi connectivity index (χ1) is 6.63. The van der Waals surface area contributed by atoms with E-state index < -0.39 is 11.1 Å². The molecule has 0 aliphatic carbocycles. The number of nitro groups is 1. The number of ether oxygens (including phenoxy) is 2. The molecule has 0 aliphatic rings. The fraction of sp³-hybridized carbons (Fsp3) is 0.333. The predicted octanol–water partition coefficient (Wildman–Crippen LogP) is 0.853. The Morgan fingerprint density at radius 3 is 3.00 bits per heavy atom. The summed E-state index contributed by atoms with van der Waals surface area (Å²) in [5.74, 6) is -0.357. The number of rotatable bonds is 3. The first kappa shape index (κ1) is 9.96. The molecule has 0 fully saturated rings. The molecule has 1 aromatic heterocycles. The number of nitrogens with zero attached hydrogens (tertiary/aromatic N) is 2. The van der Waals surface area contributed by atoms with E-state index in [0.717, 1.165) is 6.20 Å². The highest BCUT2D eigenvalue weighted by Gasteiger charge is 2.14. The number of hydrogen-bond acceptors (Lipinski definition) is 6. The summed E-state index contributed by atoms with van der Waals surface area (Å²) in [6.45, 7) is 1.76. The zero-order valence-electron chi connectivity index (χ0n) is 7.22. The second-order valence-electron chi connectivity index (χ2n) is 2.12. The van der Waals surface area contributed by atoms with Gasteiger partial charge in [-0.25, -0.2) is 4.79 Å². The molecule has 76 valence electrons. The van der Waals surface area contributed by atoms with E-state index in [1.54, 1.807) is 6.92 Å². The maximum Gasteiger partial charge on any atom is 0.517 e. The van der Waals surface area contributed by atoms with Crippen LogP contribution in [-0.2, 0) is 4.74 Å². The van der Waals surface area contributed by atoms with Crippen LogP contribution in [0.4, 0.5) is 10.6 Å². The normalized spacial score (nSPS) is 9.50. The molecule has 1 rings (SSSR count). The van der Waals surface area contributed by atoms with Crippen molar-refractivity contribution < 1.29 is 19.2 Å². The quantitative estimate of drug-likeness (QED) is 0.441. The van der Waals surface area contributed by atoms with Crippen LogP contribution in [0.25, 0.3) is 0 Å². The van der Waals surface area contributed by atoms with E-state index in [2.05, 4.69) is 19.4 Å². The Morgan fingerprint density at radius 1 is 1.79 bits per heavy atom. The van der Waals surface area contributed by atoms with Crippen LogP contribution in [0.5, 0.6) is 6.01 Å². The van der Waals surface area contributed by atoms with Gasteiger partial charge in [-0.15, -0.1) is 0 Å². The second-order valence-corrected chi connectivity index (χ2v) is 2.12. The van der Waals surface area contributed by atoms with E-state index in [9.17, 15) is 14.9 Å². The minimum Gasteiger partial charge on any atom is -0.434 e. The van der Waals surface area contributed by atoms with Gasteiger partial charge in [0, 0.05) is 0 Å². The summed E-state index contributed by atoms with van der Waals surface area (Å²) in [6.07, 6.45) is -0.0223. The van der Waals surface area contributed by atoms with Crippen molar-refractivity contribution in [3.63, 3.8) is 0 Å². The van der Waals surface area contributed by atoms with Gasteiger partial charge in [0.05, 0.1) is 6.61 Å². The molecule has 0 amide bonds. The molecule has 0 atom stereocenters. The molecule has 0 saturated heterocycles. The Hall–Kier alpha value is -2.12. The molecule has 0 unspecified atom stereocenters. The molecule has 0 bridgehead atoms. The third-order valence-corrected chi connectivity index (χ3v) is 1.18. The minimum atomic E-state index is -0.961.